The molecule has 0 bridgehead atoms. The first-order valence-electron chi connectivity index (χ1n) is 9.33. The van der Waals surface area contributed by atoms with Crippen molar-refractivity contribution in [2.75, 3.05) is 13.1 Å². The summed E-state index contributed by atoms with van der Waals surface area (Å²) in [5, 5.41) is 5.28. The third-order valence-electron chi connectivity index (χ3n) is 4.06. The summed E-state index contributed by atoms with van der Waals surface area (Å²) in [5.74, 6) is -8.26. The molecule has 0 aromatic heterocycles. The van der Waals surface area contributed by atoms with Crippen molar-refractivity contribution in [3.8, 4) is 0 Å². The van der Waals surface area contributed by atoms with Gasteiger partial charge in [0.15, 0.2) is 0 Å². The van der Waals surface area contributed by atoms with Crippen LogP contribution in [0.5, 0.6) is 0 Å². The molecule has 2 nitrogen and oxygen atoms in total. The Labute approximate surface area is 157 Å². The lowest BCUT2D eigenvalue weighted by Gasteiger charge is -2.38. The maximum Gasteiger partial charge on any atom is 0.323 e. The maximum atomic E-state index is 14.2. The molecule has 0 amide bonds. The molecule has 2 N–H and O–H groups in total. The lowest BCUT2D eigenvalue weighted by molar-refractivity contribution is -0.205. The van der Waals surface area contributed by atoms with Crippen molar-refractivity contribution in [3.63, 3.8) is 0 Å². The maximum absolute atomic E-state index is 14.2. The van der Waals surface area contributed by atoms with E-state index < -0.39 is 36.0 Å². The van der Waals surface area contributed by atoms with Gasteiger partial charge in [0.05, 0.1) is 13.1 Å². The van der Waals surface area contributed by atoms with Gasteiger partial charge in [-0.1, -0.05) is 41.5 Å². The number of halogens is 4. The second kappa shape index (κ2) is 7.94. The quantitative estimate of drug-likeness (QED) is 0.486. The van der Waals surface area contributed by atoms with Gasteiger partial charge in [0.2, 0.25) is 0 Å². The number of alkyl halides is 4. The first-order chi connectivity index (χ1) is 11.1. The predicted octanol–water partition coefficient (Wildman–Crippen LogP) is 5.87. The van der Waals surface area contributed by atoms with Gasteiger partial charge >= 0.3 is 11.8 Å². The van der Waals surface area contributed by atoms with Gasteiger partial charge in [-0.2, -0.15) is 17.6 Å². The molecule has 0 unspecified atom stereocenters. The molecule has 0 aliphatic carbocycles. The molecule has 0 aromatic carbocycles. The zero-order valence-electron chi connectivity index (χ0n) is 18.3. The number of hydrogen-bond donors (Lipinski definition) is 2. The van der Waals surface area contributed by atoms with Crippen LogP contribution < -0.4 is 10.6 Å². The highest BCUT2D eigenvalue weighted by Gasteiger charge is 2.56. The van der Waals surface area contributed by atoms with Crippen LogP contribution >= 0.6 is 0 Å². The zero-order chi connectivity index (χ0) is 21.2. The van der Waals surface area contributed by atoms with Crippen LogP contribution in [0.25, 0.3) is 0 Å². The average Bonchev–Trinajstić information content (AvgIpc) is 2.28. The van der Waals surface area contributed by atoms with Crippen LogP contribution in [0.3, 0.4) is 0 Å². The van der Waals surface area contributed by atoms with Crippen molar-refractivity contribution in [1.29, 1.82) is 0 Å². The Hall–Kier alpha value is -0.360. The summed E-state index contributed by atoms with van der Waals surface area (Å²) in [5.41, 5.74) is -1.49. The molecular weight excluding hydrogens is 344 g/mol. The van der Waals surface area contributed by atoms with Crippen LogP contribution in [-0.2, 0) is 0 Å². The highest BCUT2D eigenvalue weighted by molar-refractivity contribution is 4.94. The molecular formula is C20H40F4N2. The lowest BCUT2D eigenvalue weighted by Crippen LogP contribution is -2.58. The molecule has 0 rings (SSSR count). The van der Waals surface area contributed by atoms with E-state index in [0.717, 1.165) is 0 Å². The molecule has 0 atom stereocenters. The minimum absolute atomic E-state index is 0.0904. The summed E-state index contributed by atoms with van der Waals surface area (Å²) in [6.07, 6.45) is 1.19. The Morgan fingerprint density at radius 3 is 0.923 bits per heavy atom. The number of hydrogen-bond acceptors (Lipinski definition) is 2. The van der Waals surface area contributed by atoms with E-state index in [9.17, 15) is 17.6 Å². The average molecular weight is 385 g/mol. The van der Waals surface area contributed by atoms with Crippen molar-refractivity contribution < 1.29 is 17.6 Å². The molecule has 0 fully saturated rings. The monoisotopic (exact) mass is 384 g/mol. The number of nitrogens with one attached hydrogen (secondary N) is 2. The van der Waals surface area contributed by atoms with Gasteiger partial charge in [0, 0.05) is 11.1 Å². The van der Waals surface area contributed by atoms with Crippen molar-refractivity contribution >= 4 is 0 Å². The summed E-state index contributed by atoms with van der Waals surface area (Å²) in [4.78, 5) is 0. The van der Waals surface area contributed by atoms with E-state index >= 15 is 0 Å². The minimum Gasteiger partial charge on any atom is -0.306 e. The van der Waals surface area contributed by atoms with Crippen LogP contribution in [0, 0.1) is 10.8 Å². The summed E-state index contributed by atoms with van der Waals surface area (Å²) in [7, 11) is 0. The number of rotatable bonds is 9. The van der Waals surface area contributed by atoms with E-state index in [4.69, 9.17) is 0 Å². The van der Waals surface area contributed by atoms with Gasteiger partial charge in [0.25, 0.3) is 0 Å². The van der Waals surface area contributed by atoms with E-state index in [1.54, 1.807) is 27.7 Å². The van der Waals surface area contributed by atoms with Crippen LogP contribution in [0.2, 0.25) is 0 Å². The van der Waals surface area contributed by atoms with Gasteiger partial charge in [-0.3, -0.25) is 0 Å². The molecule has 158 valence electrons. The van der Waals surface area contributed by atoms with Crippen LogP contribution in [0.15, 0.2) is 0 Å². The van der Waals surface area contributed by atoms with E-state index in [0.29, 0.717) is 12.8 Å². The zero-order valence-corrected chi connectivity index (χ0v) is 18.3. The lowest BCUT2D eigenvalue weighted by atomic mass is 9.81. The summed E-state index contributed by atoms with van der Waals surface area (Å²) >= 11 is 0. The molecule has 6 heteroatoms. The molecule has 0 heterocycles. The van der Waals surface area contributed by atoms with Crippen LogP contribution in [-0.4, -0.2) is 36.0 Å². The predicted molar refractivity (Wildman–Crippen MR) is 102 cm³/mol. The van der Waals surface area contributed by atoms with E-state index in [-0.39, 0.29) is 10.8 Å². The highest BCUT2D eigenvalue weighted by atomic mass is 19.3. The van der Waals surface area contributed by atoms with Gasteiger partial charge in [-0.15, -0.1) is 0 Å². The van der Waals surface area contributed by atoms with Crippen molar-refractivity contribution in [1.82, 2.24) is 10.6 Å². The van der Waals surface area contributed by atoms with Crippen LogP contribution in [0.4, 0.5) is 17.6 Å². The second-order valence-corrected chi connectivity index (χ2v) is 11.4. The van der Waals surface area contributed by atoms with Gasteiger partial charge in [-0.05, 0) is 51.4 Å². The Morgan fingerprint density at radius 1 is 0.500 bits per heavy atom. The largest absolute Gasteiger partial charge is 0.323 e. The van der Waals surface area contributed by atoms with Crippen LogP contribution in [0.1, 0.15) is 82.1 Å². The summed E-state index contributed by atoms with van der Waals surface area (Å²) in [6.45, 7) is 16.9. The molecule has 26 heavy (non-hydrogen) atoms. The topological polar surface area (TPSA) is 24.1 Å². The second-order valence-electron chi connectivity index (χ2n) is 11.4. The Morgan fingerprint density at radius 2 is 0.731 bits per heavy atom. The van der Waals surface area contributed by atoms with Crippen molar-refractivity contribution in [2.45, 2.75) is 105 Å². The normalized spacial score (nSPS) is 15.5. The fourth-order valence-corrected chi connectivity index (χ4v) is 3.74. The highest BCUT2D eigenvalue weighted by Crippen LogP contribution is 2.36. The van der Waals surface area contributed by atoms with Gasteiger partial charge < -0.3 is 10.6 Å². The first kappa shape index (κ1) is 25.6. The minimum atomic E-state index is -4.13. The van der Waals surface area contributed by atoms with E-state index in [1.165, 1.54) is 0 Å². The molecule has 0 aromatic rings. The Kier molecular flexibility index (Phi) is 7.83. The third kappa shape index (κ3) is 10.1. The molecule has 0 aliphatic heterocycles. The fourth-order valence-electron chi connectivity index (χ4n) is 3.74. The molecule has 0 radical (unpaired) electrons. The first-order valence-corrected chi connectivity index (χ1v) is 9.33. The van der Waals surface area contributed by atoms with Crippen molar-refractivity contribution in [3.05, 3.63) is 0 Å². The molecule has 0 aliphatic rings. The Bertz CT molecular complexity index is 402. The summed E-state index contributed by atoms with van der Waals surface area (Å²) in [6, 6.07) is 0. The smallest absolute Gasteiger partial charge is 0.306 e. The fraction of sp³-hybridized carbons (Fsp3) is 1.00. The van der Waals surface area contributed by atoms with E-state index in [2.05, 4.69) is 10.6 Å². The van der Waals surface area contributed by atoms with Crippen molar-refractivity contribution in [2.24, 2.45) is 10.8 Å². The standard InChI is InChI=1S/C20H40F4N2/c1-15(2,3)11-17(7,8)25-13-19(21,22)20(23,24)14-26-18(9,10)12-16(4,5)6/h25-26H,11-14H2,1-10H3. The molecule has 0 saturated carbocycles. The summed E-state index contributed by atoms with van der Waals surface area (Å²) < 4.78 is 56.9. The Balaban J connectivity index is 4.89. The van der Waals surface area contributed by atoms with Gasteiger partial charge in [-0.25, -0.2) is 0 Å². The third-order valence-corrected chi connectivity index (χ3v) is 4.06. The molecule has 0 spiro atoms. The SMILES string of the molecule is CC(C)(C)CC(C)(C)NCC(F)(F)C(F)(F)CNC(C)(C)CC(C)(C)C. The van der Waals surface area contributed by atoms with Gasteiger partial charge in [0.1, 0.15) is 0 Å². The van der Waals surface area contributed by atoms with E-state index in [1.807, 2.05) is 41.5 Å². The molecule has 0 saturated heterocycles.